The molecule has 2 aromatic carbocycles. The van der Waals surface area contributed by atoms with Gasteiger partial charge in [-0.1, -0.05) is 17.7 Å². The largest absolute Gasteiger partial charge is 0.507 e. The molecule has 1 atom stereocenters. The topological polar surface area (TPSA) is 109 Å². The Balaban J connectivity index is 1.93. The predicted octanol–water partition coefficient (Wildman–Crippen LogP) is 4.33. The summed E-state index contributed by atoms with van der Waals surface area (Å²) in [6.07, 6.45) is 3.06. The van der Waals surface area contributed by atoms with E-state index in [1.807, 2.05) is 0 Å². The van der Waals surface area contributed by atoms with Crippen LogP contribution >= 0.6 is 11.6 Å². The van der Waals surface area contributed by atoms with E-state index >= 15 is 0 Å². The minimum absolute atomic E-state index is 0.128. The van der Waals surface area contributed by atoms with Gasteiger partial charge in [0.25, 0.3) is 11.7 Å². The van der Waals surface area contributed by atoms with Crippen LogP contribution < -0.4 is 15.0 Å². The van der Waals surface area contributed by atoms with Gasteiger partial charge in [0.05, 0.1) is 23.7 Å². The molecule has 172 valence electrons. The summed E-state index contributed by atoms with van der Waals surface area (Å²) in [5, 5.41) is 14.1. The highest BCUT2D eigenvalue weighted by molar-refractivity contribution is 6.52. The lowest BCUT2D eigenvalue weighted by Crippen LogP contribution is -2.29. The van der Waals surface area contributed by atoms with Crippen molar-refractivity contribution in [3.8, 4) is 5.75 Å². The third-order valence-electron chi connectivity index (χ3n) is 5.34. The van der Waals surface area contributed by atoms with Gasteiger partial charge in [-0.25, -0.2) is 0 Å². The molecule has 1 fully saturated rings. The number of hydrogen-bond acceptors (Lipinski definition) is 6. The normalized spacial score (nSPS) is 17.0. The number of carbonyl (C=O) groups excluding carboxylic acids is 3. The second-order valence-electron chi connectivity index (χ2n) is 7.53. The minimum Gasteiger partial charge on any atom is -0.507 e. The van der Waals surface area contributed by atoms with Gasteiger partial charge < -0.3 is 15.2 Å². The van der Waals surface area contributed by atoms with Gasteiger partial charge >= 0.3 is 0 Å². The number of nitrogens with one attached hydrogen (secondary N) is 1. The number of amides is 2. The highest BCUT2D eigenvalue weighted by Gasteiger charge is 2.47. The quantitative estimate of drug-likeness (QED) is 0.321. The van der Waals surface area contributed by atoms with Gasteiger partial charge in [-0.2, -0.15) is 0 Å². The highest BCUT2D eigenvalue weighted by Crippen LogP contribution is 2.43. The fourth-order valence-electron chi connectivity index (χ4n) is 3.85. The maximum atomic E-state index is 13.2. The van der Waals surface area contributed by atoms with Crippen LogP contribution in [-0.4, -0.2) is 34.8 Å². The molecule has 3 aromatic rings. The Kier molecular flexibility index (Phi) is 6.34. The van der Waals surface area contributed by atoms with Crippen molar-refractivity contribution in [1.29, 1.82) is 0 Å². The molecular formula is C25H20ClN3O5. The molecule has 2 heterocycles. The molecular weight excluding hydrogens is 458 g/mol. The van der Waals surface area contributed by atoms with E-state index in [9.17, 15) is 19.5 Å². The fourth-order valence-corrected chi connectivity index (χ4v) is 4.06. The SMILES string of the molecule is COc1ccc(Cl)c(/C(O)=C2\C(=O)C(=O)N(c3cccc(NC(C)=O)c3)C2c2ccncc2)c1. The third-order valence-corrected chi connectivity index (χ3v) is 5.67. The summed E-state index contributed by atoms with van der Waals surface area (Å²) in [6, 6.07) is 13.5. The summed E-state index contributed by atoms with van der Waals surface area (Å²) < 4.78 is 5.22. The van der Waals surface area contributed by atoms with Crippen molar-refractivity contribution in [3.05, 3.63) is 88.7 Å². The predicted molar refractivity (Wildman–Crippen MR) is 128 cm³/mol. The molecule has 0 radical (unpaired) electrons. The van der Waals surface area contributed by atoms with E-state index in [4.69, 9.17) is 16.3 Å². The van der Waals surface area contributed by atoms with E-state index in [0.717, 1.165) is 0 Å². The Hall–Kier alpha value is -4.17. The first-order chi connectivity index (χ1) is 16.3. The second kappa shape index (κ2) is 9.36. The van der Waals surface area contributed by atoms with Crippen molar-refractivity contribution in [2.45, 2.75) is 13.0 Å². The summed E-state index contributed by atoms with van der Waals surface area (Å²) in [5.41, 5.74) is 1.41. The van der Waals surface area contributed by atoms with Crippen LogP contribution in [0.4, 0.5) is 11.4 Å². The Bertz CT molecular complexity index is 1320. The maximum Gasteiger partial charge on any atom is 0.300 e. The summed E-state index contributed by atoms with van der Waals surface area (Å²) >= 11 is 6.32. The molecule has 8 nitrogen and oxygen atoms in total. The Morgan fingerprint density at radius 2 is 1.85 bits per heavy atom. The number of benzene rings is 2. The lowest BCUT2D eigenvalue weighted by atomic mass is 9.95. The number of carbonyl (C=O) groups is 3. The average molecular weight is 478 g/mol. The first-order valence-electron chi connectivity index (χ1n) is 10.2. The number of nitrogens with zero attached hydrogens (tertiary/aromatic N) is 2. The van der Waals surface area contributed by atoms with Crippen LogP contribution in [0.3, 0.4) is 0 Å². The molecule has 1 aliphatic rings. The molecule has 4 rings (SSSR count). The van der Waals surface area contributed by atoms with Crippen LogP contribution in [0, 0.1) is 0 Å². The molecule has 2 N–H and O–H groups in total. The lowest BCUT2D eigenvalue weighted by molar-refractivity contribution is -0.132. The zero-order valence-electron chi connectivity index (χ0n) is 18.3. The highest BCUT2D eigenvalue weighted by atomic mass is 35.5. The average Bonchev–Trinajstić information content (AvgIpc) is 3.10. The second-order valence-corrected chi connectivity index (χ2v) is 7.93. The van der Waals surface area contributed by atoms with Crippen LogP contribution in [0.2, 0.25) is 5.02 Å². The number of anilines is 2. The van der Waals surface area contributed by atoms with Crippen molar-refractivity contribution in [1.82, 2.24) is 4.98 Å². The van der Waals surface area contributed by atoms with Gasteiger partial charge in [0.15, 0.2) is 0 Å². The van der Waals surface area contributed by atoms with Crippen LogP contribution in [0.5, 0.6) is 5.75 Å². The van der Waals surface area contributed by atoms with Gasteiger partial charge in [-0.3, -0.25) is 24.3 Å². The molecule has 34 heavy (non-hydrogen) atoms. The smallest absolute Gasteiger partial charge is 0.300 e. The summed E-state index contributed by atoms with van der Waals surface area (Å²) in [4.78, 5) is 43.3. The van der Waals surface area contributed by atoms with Crippen molar-refractivity contribution in [3.63, 3.8) is 0 Å². The van der Waals surface area contributed by atoms with E-state index in [2.05, 4.69) is 10.3 Å². The van der Waals surface area contributed by atoms with Crippen molar-refractivity contribution in [2.75, 3.05) is 17.3 Å². The number of aromatic nitrogens is 1. The molecule has 1 unspecified atom stereocenters. The molecule has 1 aliphatic heterocycles. The third kappa shape index (κ3) is 4.23. The van der Waals surface area contributed by atoms with Crippen molar-refractivity contribution in [2.24, 2.45) is 0 Å². The number of hydrogen-bond donors (Lipinski definition) is 2. The standard InChI is InChI=1S/C25H20ClN3O5/c1-14(30)28-16-4-3-5-17(12-16)29-22(15-8-10-27-11-9-15)21(24(32)25(29)33)23(31)19-13-18(34-2)6-7-20(19)26/h3-13,22,31H,1-2H3,(H,28,30)/b23-21+. The Morgan fingerprint density at radius 1 is 1.12 bits per heavy atom. The van der Waals surface area contributed by atoms with Gasteiger partial charge in [0.2, 0.25) is 5.91 Å². The fraction of sp³-hybridized carbons (Fsp3) is 0.120. The Morgan fingerprint density at radius 3 is 2.53 bits per heavy atom. The summed E-state index contributed by atoms with van der Waals surface area (Å²) in [7, 11) is 1.46. The number of ether oxygens (including phenoxy) is 1. The zero-order valence-corrected chi connectivity index (χ0v) is 19.0. The number of methoxy groups -OCH3 is 1. The molecule has 1 aromatic heterocycles. The minimum atomic E-state index is -0.960. The van der Waals surface area contributed by atoms with Gasteiger partial charge in [0.1, 0.15) is 11.5 Å². The van der Waals surface area contributed by atoms with Crippen LogP contribution in [0.1, 0.15) is 24.1 Å². The summed E-state index contributed by atoms with van der Waals surface area (Å²) in [6.45, 7) is 1.37. The summed E-state index contributed by atoms with van der Waals surface area (Å²) in [5.74, 6) is -1.99. The van der Waals surface area contributed by atoms with E-state index in [1.54, 1.807) is 42.5 Å². The first kappa shape index (κ1) is 23.0. The first-order valence-corrected chi connectivity index (χ1v) is 10.6. The number of rotatable bonds is 5. The zero-order chi connectivity index (χ0) is 24.4. The number of Topliss-reactive ketones (excluding diaryl/α,β-unsaturated/α-hetero) is 1. The van der Waals surface area contributed by atoms with Gasteiger partial charge in [-0.05, 0) is 54.1 Å². The molecule has 0 spiro atoms. The van der Waals surface area contributed by atoms with Crippen molar-refractivity contribution >= 4 is 46.3 Å². The van der Waals surface area contributed by atoms with E-state index in [-0.39, 0.29) is 22.1 Å². The van der Waals surface area contributed by atoms with Crippen LogP contribution in [-0.2, 0) is 14.4 Å². The molecule has 0 bridgehead atoms. The molecule has 9 heteroatoms. The lowest BCUT2D eigenvalue weighted by Gasteiger charge is -2.25. The molecule has 0 aliphatic carbocycles. The van der Waals surface area contributed by atoms with Crippen molar-refractivity contribution < 1.29 is 24.2 Å². The van der Waals surface area contributed by atoms with E-state index in [0.29, 0.717) is 22.7 Å². The monoisotopic (exact) mass is 477 g/mol. The maximum absolute atomic E-state index is 13.2. The number of aliphatic hydroxyl groups is 1. The van der Waals surface area contributed by atoms with Gasteiger partial charge in [-0.15, -0.1) is 0 Å². The van der Waals surface area contributed by atoms with E-state index < -0.39 is 23.5 Å². The molecule has 0 saturated carbocycles. The Labute approximate surface area is 200 Å². The van der Waals surface area contributed by atoms with Crippen LogP contribution in [0.25, 0.3) is 5.76 Å². The van der Waals surface area contributed by atoms with E-state index in [1.165, 1.54) is 43.5 Å². The molecule has 2 amide bonds. The number of aliphatic hydroxyl groups excluding tert-OH is 1. The number of pyridine rings is 1. The number of ketones is 1. The molecule has 1 saturated heterocycles. The number of halogens is 1. The van der Waals surface area contributed by atoms with Crippen LogP contribution in [0.15, 0.2) is 72.6 Å². The van der Waals surface area contributed by atoms with Gasteiger partial charge in [0, 0.05) is 36.3 Å².